The topological polar surface area (TPSA) is 96.0 Å². The highest BCUT2D eigenvalue weighted by atomic mass is 79.9. The predicted octanol–water partition coefficient (Wildman–Crippen LogP) is 3.50. The quantitative estimate of drug-likeness (QED) is 0.641. The van der Waals surface area contributed by atoms with Crippen LogP contribution in [-0.4, -0.2) is 50.4 Å². The molecule has 0 unspecified atom stereocenters. The van der Waals surface area contributed by atoms with Crippen molar-refractivity contribution in [3.63, 3.8) is 0 Å². The second kappa shape index (κ2) is 8.89. The summed E-state index contributed by atoms with van der Waals surface area (Å²) in [6.45, 7) is 3.11. The molecule has 1 aromatic carbocycles. The Labute approximate surface area is 193 Å². The summed E-state index contributed by atoms with van der Waals surface area (Å²) < 4.78 is 33.3. The molecular formula is C20H22BrN3O5S2. The predicted molar refractivity (Wildman–Crippen MR) is 121 cm³/mol. The molecule has 0 spiro atoms. The Morgan fingerprint density at radius 3 is 2.61 bits per heavy atom. The molecule has 0 bridgehead atoms. The highest BCUT2D eigenvalue weighted by Gasteiger charge is 2.33. The fourth-order valence-corrected chi connectivity index (χ4v) is 6.77. The average molecular weight is 528 g/mol. The third-order valence-corrected chi connectivity index (χ3v) is 8.90. The number of aryl methyl sites for hydroxylation is 1. The third kappa shape index (κ3) is 4.79. The molecule has 4 rings (SSSR count). The maximum absolute atomic E-state index is 12.9. The molecule has 2 saturated heterocycles. The maximum Gasteiger partial charge on any atom is 0.413 e. The van der Waals surface area contributed by atoms with E-state index in [9.17, 15) is 18.0 Å². The smallest absolute Gasteiger partial charge is 0.399 e. The molecule has 0 aliphatic carbocycles. The van der Waals surface area contributed by atoms with Gasteiger partial charge in [-0.25, -0.2) is 13.2 Å². The van der Waals surface area contributed by atoms with Gasteiger partial charge in [-0.15, -0.1) is 0 Å². The van der Waals surface area contributed by atoms with Gasteiger partial charge in [0.1, 0.15) is 0 Å². The van der Waals surface area contributed by atoms with Gasteiger partial charge in [-0.2, -0.15) is 4.31 Å². The van der Waals surface area contributed by atoms with Crippen LogP contribution in [-0.2, 0) is 14.8 Å². The molecule has 2 amide bonds. The summed E-state index contributed by atoms with van der Waals surface area (Å²) in [4.78, 5) is 26.5. The van der Waals surface area contributed by atoms with Crippen LogP contribution in [0.5, 0.6) is 5.06 Å². The van der Waals surface area contributed by atoms with Crippen LogP contribution in [0.1, 0.15) is 24.8 Å². The molecule has 1 N–H and O–H groups in total. The first kappa shape index (κ1) is 22.3. The number of nitrogens with one attached hydrogen (secondary N) is 1. The Morgan fingerprint density at radius 1 is 1.23 bits per heavy atom. The molecule has 166 valence electrons. The van der Waals surface area contributed by atoms with Gasteiger partial charge >= 0.3 is 6.09 Å². The summed E-state index contributed by atoms with van der Waals surface area (Å²) in [6.07, 6.45) is 1.28. The van der Waals surface area contributed by atoms with E-state index in [0.717, 1.165) is 16.6 Å². The summed E-state index contributed by atoms with van der Waals surface area (Å²) in [5.41, 5.74) is 1.21. The van der Waals surface area contributed by atoms with Crippen molar-refractivity contribution < 1.29 is 22.7 Å². The van der Waals surface area contributed by atoms with Crippen LogP contribution in [0.25, 0.3) is 0 Å². The molecule has 2 aliphatic rings. The second-order valence-electron chi connectivity index (χ2n) is 7.56. The molecule has 1 aromatic heterocycles. The monoisotopic (exact) mass is 527 g/mol. The number of thiophene rings is 1. The lowest BCUT2D eigenvalue weighted by atomic mass is 10.2. The molecule has 0 radical (unpaired) electrons. The minimum absolute atomic E-state index is 0.140. The first-order valence-electron chi connectivity index (χ1n) is 9.89. The maximum atomic E-state index is 12.9. The molecule has 2 aliphatic heterocycles. The number of nitrogens with zero attached hydrogens (tertiary/aromatic N) is 2. The van der Waals surface area contributed by atoms with Crippen molar-refractivity contribution in [3.05, 3.63) is 39.7 Å². The number of hydrogen-bond donors (Lipinski definition) is 1. The number of carbonyl (C=O) groups is 2. The number of halogens is 1. The summed E-state index contributed by atoms with van der Waals surface area (Å²) in [6, 6.07) is 8.00. The highest BCUT2D eigenvalue weighted by Crippen LogP contribution is 2.30. The molecule has 0 saturated carbocycles. The van der Waals surface area contributed by atoms with Crippen molar-refractivity contribution in [2.75, 3.05) is 24.5 Å². The first-order valence-corrected chi connectivity index (χ1v) is 12.9. The molecule has 11 heteroatoms. The normalized spacial score (nSPS) is 19.7. The molecule has 8 nitrogen and oxygen atoms in total. The minimum atomic E-state index is -3.52. The lowest BCUT2D eigenvalue weighted by Gasteiger charge is -2.21. The number of hydrogen-bond acceptors (Lipinski definition) is 6. The van der Waals surface area contributed by atoms with Gasteiger partial charge in [0.25, 0.3) is 0 Å². The van der Waals surface area contributed by atoms with Gasteiger partial charge in [0.2, 0.25) is 15.9 Å². The lowest BCUT2D eigenvalue weighted by Crippen LogP contribution is -2.38. The van der Waals surface area contributed by atoms with E-state index >= 15 is 0 Å². The van der Waals surface area contributed by atoms with Crippen LogP contribution in [0.2, 0.25) is 0 Å². The van der Waals surface area contributed by atoms with Crippen LogP contribution in [0.15, 0.2) is 39.0 Å². The number of benzene rings is 1. The highest BCUT2D eigenvalue weighted by molar-refractivity contribution is 9.11. The zero-order chi connectivity index (χ0) is 22.2. The van der Waals surface area contributed by atoms with Crippen LogP contribution in [0, 0.1) is 6.92 Å². The summed E-state index contributed by atoms with van der Waals surface area (Å²) in [5, 5.41) is 3.17. The van der Waals surface area contributed by atoms with E-state index in [-0.39, 0.29) is 17.2 Å². The van der Waals surface area contributed by atoms with Crippen molar-refractivity contribution in [1.82, 2.24) is 9.62 Å². The van der Waals surface area contributed by atoms with Gasteiger partial charge in [-0.05, 0) is 71.6 Å². The molecular weight excluding hydrogens is 506 g/mol. The van der Waals surface area contributed by atoms with Crippen LogP contribution in [0.3, 0.4) is 0 Å². The van der Waals surface area contributed by atoms with Gasteiger partial charge in [0, 0.05) is 31.7 Å². The van der Waals surface area contributed by atoms with Crippen molar-refractivity contribution in [1.29, 1.82) is 0 Å². The number of ether oxygens (including phenoxy) is 1. The van der Waals surface area contributed by atoms with Gasteiger partial charge in [-0.1, -0.05) is 11.3 Å². The van der Waals surface area contributed by atoms with E-state index in [1.807, 2.05) is 0 Å². The van der Waals surface area contributed by atoms with Crippen LogP contribution in [0.4, 0.5) is 10.5 Å². The van der Waals surface area contributed by atoms with Crippen LogP contribution < -0.4 is 15.0 Å². The van der Waals surface area contributed by atoms with E-state index in [1.54, 1.807) is 42.2 Å². The lowest BCUT2D eigenvalue weighted by molar-refractivity contribution is -0.117. The van der Waals surface area contributed by atoms with Gasteiger partial charge in [-0.3, -0.25) is 4.79 Å². The van der Waals surface area contributed by atoms with E-state index < -0.39 is 22.2 Å². The largest absolute Gasteiger partial charge is 0.413 e. The van der Waals surface area contributed by atoms with Crippen molar-refractivity contribution in [2.24, 2.45) is 0 Å². The van der Waals surface area contributed by atoms with Crippen molar-refractivity contribution in [2.45, 2.75) is 37.1 Å². The summed E-state index contributed by atoms with van der Waals surface area (Å²) in [7, 11) is -3.52. The van der Waals surface area contributed by atoms with Gasteiger partial charge < -0.3 is 15.0 Å². The van der Waals surface area contributed by atoms with Crippen LogP contribution >= 0.6 is 27.3 Å². The summed E-state index contributed by atoms with van der Waals surface area (Å²) >= 11 is 4.60. The number of anilines is 1. The zero-order valence-corrected chi connectivity index (χ0v) is 20.1. The fraction of sp³-hybridized carbons (Fsp3) is 0.400. The van der Waals surface area contributed by atoms with Crippen molar-refractivity contribution >= 4 is 55.0 Å². The molecule has 1 atom stereocenters. The van der Waals surface area contributed by atoms with E-state index in [2.05, 4.69) is 21.2 Å². The van der Waals surface area contributed by atoms with E-state index in [4.69, 9.17) is 4.74 Å². The minimum Gasteiger partial charge on any atom is -0.399 e. The number of carbonyl (C=O) groups excluding carboxylic acids is 2. The Hall–Kier alpha value is -1.95. The van der Waals surface area contributed by atoms with Gasteiger partial charge in [0.05, 0.1) is 14.7 Å². The Kier molecular flexibility index (Phi) is 6.38. The molecule has 2 aromatic rings. The third-order valence-electron chi connectivity index (χ3n) is 5.34. The number of amides is 2. The zero-order valence-electron chi connectivity index (χ0n) is 16.8. The molecule has 3 heterocycles. The van der Waals surface area contributed by atoms with E-state index in [1.165, 1.54) is 15.6 Å². The Bertz CT molecular complexity index is 1110. The second-order valence-corrected chi connectivity index (χ2v) is 11.9. The Morgan fingerprint density at radius 2 is 1.97 bits per heavy atom. The SMILES string of the molecule is Cc1cc(N2C[C@H](NC(=O)Oc3ccc(Br)s3)CC2=O)ccc1S(=O)(=O)N1CCCC1. The average Bonchev–Trinajstić information content (AvgIpc) is 3.43. The first-order chi connectivity index (χ1) is 14.7. The Balaban J connectivity index is 1.43. The van der Waals surface area contributed by atoms with E-state index in [0.29, 0.717) is 35.9 Å². The van der Waals surface area contributed by atoms with Gasteiger partial charge in [0.15, 0.2) is 5.06 Å². The van der Waals surface area contributed by atoms with Crippen molar-refractivity contribution in [3.8, 4) is 5.06 Å². The molecule has 2 fully saturated rings. The summed E-state index contributed by atoms with van der Waals surface area (Å²) in [5.74, 6) is -0.140. The number of rotatable bonds is 5. The fourth-order valence-electron chi connectivity index (χ4n) is 3.85. The standard InChI is InChI=1S/C20H22BrN3O5S2/c1-13-10-15(4-5-16(13)31(27,28)23-8-2-3-9-23)24-12-14(11-18(24)25)22-20(26)29-19-7-6-17(21)30-19/h4-7,10,14H,2-3,8-9,11-12H2,1H3,(H,22,26)/t14-/m1/s1. The number of sulfonamides is 1. The molecule has 31 heavy (non-hydrogen) atoms.